The number of thioether (sulfide) groups is 1. The number of benzene rings is 2. The third kappa shape index (κ3) is 3.76. The Morgan fingerprint density at radius 1 is 1.08 bits per heavy atom. The monoisotopic (exact) mass is 390 g/mol. The van der Waals surface area contributed by atoms with Crippen LogP contribution in [0.3, 0.4) is 0 Å². The number of amides is 1. The SMILES string of the molecule is CC(=O)c1ccc(NS(=O)(=O)c2ccc3c(c2)N(C(C)=O)CCS3)cc1. The van der Waals surface area contributed by atoms with Crippen molar-refractivity contribution < 1.29 is 18.0 Å². The molecule has 2 aromatic rings. The van der Waals surface area contributed by atoms with Crippen LogP contribution in [0.15, 0.2) is 52.3 Å². The lowest BCUT2D eigenvalue weighted by Gasteiger charge is -2.28. The van der Waals surface area contributed by atoms with Gasteiger partial charge in [-0.1, -0.05) is 0 Å². The summed E-state index contributed by atoms with van der Waals surface area (Å²) >= 11 is 1.60. The Morgan fingerprint density at radius 2 is 1.77 bits per heavy atom. The summed E-state index contributed by atoms with van der Waals surface area (Å²) in [6.45, 7) is 3.47. The molecular weight excluding hydrogens is 372 g/mol. The van der Waals surface area contributed by atoms with Crippen LogP contribution in [0.25, 0.3) is 0 Å². The van der Waals surface area contributed by atoms with Crippen molar-refractivity contribution >= 4 is 44.9 Å². The van der Waals surface area contributed by atoms with Gasteiger partial charge in [-0.3, -0.25) is 14.3 Å². The maximum Gasteiger partial charge on any atom is 0.261 e. The van der Waals surface area contributed by atoms with Crippen LogP contribution in [0.1, 0.15) is 24.2 Å². The molecule has 1 amide bonds. The Morgan fingerprint density at radius 3 is 2.38 bits per heavy atom. The zero-order valence-corrected chi connectivity index (χ0v) is 16.0. The van der Waals surface area contributed by atoms with E-state index in [4.69, 9.17) is 0 Å². The summed E-state index contributed by atoms with van der Waals surface area (Å²) in [4.78, 5) is 25.7. The summed E-state index contributed by atoms with van der Waals surface area (Å²) in [6, 6.07) is 11.0. The van der Waals surface area contributed by atoms with E-state index in [-0.39, 0.29) is 16.6 Å². The highest BCUT2D eigenvalue weighted by Gasteiger charge is 2.24. The highest BCUT2D eigenvalue weighted by Crippen LogP contribution is 2.36. The molecule has 0 bridgehead atoms. The van der Waals surface area contributed by atoms with Gasteiger partial charge in [0.2, 0.25) is 5.91 Å². The third-order valence-electron chi connectivity index (χ3n) is 4.03. The Kier molecular flexibility index (Phi) is 5.06. The first-order valence-corrected chi connectivity index (χ1v) is 10.4. The van der Waals surface area contributed by atoms with Crippen molar-refractivity contribution in [3.63, 3.8) is 0 Å². The number of ketones is 1. The van der Waals surface area contributed by atoms with Gasteiger partial charge in [-0.2, -0.15) is 0 Å². The summed E-state index contributed by atoms with van der Waals surface area (Å²) in [5.74, 6) is 0.573. The third-order valence-corrected chi connectivity index (χ3v) is 6.45. The molecule has 0 radical (unpaired) electrons. The van der Waals surface area contributed by atoms with Gasteiger partial charge in [0.15, 0.2) is 5.78 Å². The first kappa shape index (κ1) is 18.5. The zero-order chi connectivity index (χ0) is 18.9. The van der Waals surface area contributed by atoms with Crippen LogP contribution in [0.5, 0.6) is 0 Å². The van der Waals surface area contributed by atoms with Crippen LogP contribution >= 0.6 is 11.8 Å². The minimum atomic E-state index is -3.81. The molecule has 26 heavy (non-hydrogen) atoms. The number of hydrogen-bond donors (Lipinski definition) is 1. The summed E-state index contributed by atoms with van der Waals surface area (Å²) in [7, 11) is -3.81. The Labute approximate surface area is 156 Å². The van der Waals surface area contributed by atoms with Crippen LogP contribution in [0, 0.1) is 0 Å². The van der Waals surface area contributed by atoms with Gasteiger partial charge in [0.1, 0.15) is 0 Å². The smallest absolute Gasteiger partial charge is 0.261 e. The van der Waals surface area contributed by atoms with Gasteiger partial charge in [0.25, 0.3) is 10.0 Å². The summed E-state index contributed by atoms with van der Waals surface area (Å²) in [5, 5.41) is 0. The Hall–Kier alpha value is -2.32. The van der Waals surface area contributed by atoms with E-state index in [9.17, 15) is 18.0 Å². The maximum absolute atomic E-state index is 12.7. The second kappa shape index (κ2) is 7.13. The molecule has 0 saturated carbocycles. The van der Waals surface area contributed by atoms with Crippen molar-refractivity contribution in [2.24, 2.45) is 0 Å². The van der Waals surface area contributed by atoms with Crippen molar-refractivity contribution in [1.29, 1.82) is 0 Å². The fourth-order valence-electron chi connectivity index (χ4n) is 2.68. The molecule has 0 atom stereocenters. The first-order chi connectivity index (χ1) is 12.3. The molecule has 1 N–H and O–H groups in total. The molecule has 1 heterocycles. The number of fused-ring (bicyclic) bond motifs is 1. The Balaban J connectivity index is 1.91. The molecule has 0 fully saturated rings. The van der Waals surface area contributed by atoms with Gasteiger partial charge in [0, 0.05) is 35.4 Å². The highest BCUT2D eigenvalue weighted by atomic mass is 32.2. The standard InChI is InChI=1S/C18H18N2O4S2/c1-12(21)14-3-5-15(6-4-14)19-26(23,24)16-7-8-18-17(11-16)20(13(2)22)9-10-25-18/h3-8,11,19H,9-10H2,1-2H3. The maximum atomic E-state index is 12.7. The average molecular weight is 390 g/mol. The summed E-state index contributed by atoms with van der Waals surface area (Å²) in [6.07, 6.45) is 0. The van der Waals surface area contributed by atoms with Gasteiger partial charge in [0.05, 0.1) is 10.6 Å². The molecule has 2 aromatic carbocycles. The summed E-state index contributed by atoms with van der Waals surface area (Å²) < 4.78 is 27.9. The predicted octanol–water partition coefficient (Wildman–Crippen LogP) is 3.15. The highest BCUT2D eigenvalue weighted by molar-refractivity contribution is 7.99. The lowest BCUT2D eigenvalue weighted by atomic mass is 10.1. The number of Topliss-reactive ketones (excluding diaryl/α,β-unsaturated/α-hetero) is 1. The van der Waals surface area contributed by atoms with Crippen LogP contribution in [0.2, 0.25) is 0 Å². The van der Waals surface area contributed by atoms with Crippen LogP contribution in [0.4, 0.5) is 11.4 Å². The van der Waals surface area contributed by atoms with E-state index in [1.807, 2.05) is 0 Å². The van der Waals surface area contributed by atoms with Gasteiger partial charge < -0.3 is 4.90 Å². The number of sulfonamides is 1. The second-order valence-corrected chi connectivity index (χ2v) is 8.71. The quantitative estimate of drug-likeness (QED) is 0.811. The number of rotatable bonds is 4. The van der Waals surface area contributed by atoms with Gasteiger partial charge in [-0.05, 0) is 49.4 Å². The van der Waals surface area contributed by atoms with E-state index in [0.717, 1.165) is 10.6 Å². The normalized spacial score (nSPS) is 13.8. The largest absolute Gasteiger partial charge is 0.311 e. The zero-order valence-electron chi connectivity index (χ0n) is 14.4. The van der Waals surface area contributed by atoms with E-state index < -0.39 is 10.0 Å². The molecule has 0 spiro atoms. The van der Waals surface area contributed by atoms with E-state index in [1.54, 1.807) is 47.0 Å². The number of nitrogens with zero attached hydrogens (tertiary/aromatic N) is 1. The molecule has 136 valence electrons. The van der Waals surface area contributed by atoms with Gasteiger partial charge in [-0.25, -0.2) is 8.42 Å². The van der Waals surface area contributed by atoms with Crippen molar-refractivity contribution in [2.45, 2.75) is 23.6 Å². The molecule has 0 saturated heterocycles. The van der Waals surface area contributed by atoms with Crippen LogP contribution in [-0.2, 0) is 14.8 Å². The Bertz CT molecular complexity index is 969. The van der Waals surface area contributed by atoms with E-state index >= 15 is 0 Å². The van der Waals surface area contributed by atoms with Crippen molar-refractivity contribution in [1.82, 2.24) is 0 Å². The number of anilines is 2. The fraction of sp³-hybridized carbons (Fsp3) is 0.222. The molecule has 8 heteroatoms. The minimum Gasteiger partial charge on any atom is -0.311 e. The number of carbonyl (C=O) groups excluding carboxylic acids is 2. The van der Waals surface area contributed by atoms with E-state index in [2.05, 4.69) is 4.72 Å². The van der Waals surface area contributed by atoms with E-state index in [1.165, 1.54) is 26.0 Å². The van der Waals surface area contributed by atoms with Crippen molar-refractivity contribution in [2.75, 3.05) is 21.9 Å². The van der Waals surface area contributed by atoms with Gasteiger partial charge in [-0.15, -0.1) is 11.8 Å². The molecule has 1 aliphatic rings. The minimum absolute atomic E-state index is 0.0839. The molecule has 1 aliphatic heterocycles. The molecule has 0 unspecified atom stereocenters. The number of carbonyl (C=O) groups is 2. The number of hydrogen-bond acceptors (Lipinski definition) is 5. The topological polar surface area (TPSA) is 83.6 Å². The first-order valence-electron chi connectivity index (χ1n) is 7.97. The molecule has 6 nitrogen and oxygen atoms in total. The fourth-order valence-corrected chi connectivity index (χ4v) is 4.73. The molecular formula is C18H18N2O4S2. The molecule has 3 rings (SSSR count). The molecule has 0 aliphatic carbocycles. The van der Waals surface area contributed by atoms with E-state index in [0.29, 0.717) is 23.5 Å². The van der Waals surface area contributed by atoms with Crippen molar-refractivity contribution in [3.05, 3.63) is 48.0 Å². The van der Waals surface area contributed by atoms with Gasteiger partial charge >= 0.3 is 0 Å². The predicted molar refractivity (Wildman–Crippen MR) is 102 cm³/mol. The summed E-state index contributed by atoms with van der Waals surface area (Å²) in [5.41, 5.74) is 1.49. The lowest BCUT2D eigenvalue weighted by Crippen LogP contribution is -2.33. The average Bonchev–Trinajstić information content (AvgIpc) is 2.60. The molecule has 0 aromatic heterocycles. The van der Waals surface area contributed by atoms with Crippen LogP contribution in [-0.4, -0.2) is 32.4 Å². The number of nitrogens with one attached hydrogen (secondary N) is 1. The second-order valence-electron chi connectivity index (χ2n) is 5.89. The lowest BCUT2D eigenvalue weighted by molar-refractivity contribution is -0.116. The van der Waals surface area contributed by atoms with Crippen LogP contribution < -0.4 is 9.62 Å². The van der Waals surface area contributed by atoms with Crippen molar-refractivity contribution in [3.8, 4) is 0 Å².